The van der Waals surface area contributed by atoms with Crippen molar-refractivity contribution in [1.29, 1.82) is 0 Å². The van der Waals surface area contributed by atoms with E-state index in [9.17, 15) is 8.78 Å². The number of anilines is 1. The first-order valence-corrected chi connectivity index (χ1v) is 4.83. The lowest BCUT2D eigenvalue weighted by Crippen LogP contribution is -2.02. The molecule has 82 valence electrons. The Morgan fingerprint density at radius 2 is 2.06 bits per heavy atom. The number of hydrogen-bond acceptors (Lipinski definition) is 2. The molecule has 0 saturated heterocycles. The fourth-order valence-electron chi connectivity index (χ4n) is 1.33. The van der Waals surface area contributed by atoms with Gasteiger partial charge in [0, 0.05) is 30.6 Å². The first-order chi connectivity index (χ1) is 7.75. The van der Waals surface area contributed by atoms with Crippen molar-refractivity contribution in [3.63, 3.8) is 0 Å². The minimum atomic E-state index is -0.567. The van der Waals surface area contributed by atoms with E-state index in [1.807, 2.05) is 6.07 Å². The van der Waals surface area contributed by atoms with Crippen LogP contribution >= 0.6 is 0 Å². The van der Waals surface area contributed by atoms with E-state index in [0.717, 1.165) is 11.8 Å². The number of nitrogens with zero attached hydrogens (tertiary/aromatic N) is 1. The normalized spacial score (nSPS) is 10.1. The fraction of sp³-hybridized carbons (Fsp3) is 0.0833. The van der Waals surface area contributed by atoms with E-state index < -0.39 is 11.6 Å². The van der Waals surface area contributed by atoms with Crippen molar-refractivity contribution in [3.8, 4) is 0 Å². The molecule has 16 heavy (non-hydrogen) atoms. The van der Waals surface area contributed by atoms with E-state index in [0.29, 0.717) is 12.1 Å². The second kappa shape index (κ2) is 4.70. The molecule has 0 saturated carbocycles. The van der Waals surface area contributed by atoms with Gasteiger partial charge in [0.2, 0.25) is 0 Å². The molecular formula is C12H10F2N2. The van der Waals surface area contributed by atoms with Gasteiger partial charge in [-0.25, -0.2) is 8.78 Å². The largest absolute Gasteiger partial charge is 0.380 e. The van der Waals surface area contributed by atoms with Crippen molar-refractivity contribution in [2.24, 2.45) is 0 Å². The molecule has 2 nitrogen and oxygen atoms in total. The zero-order valence-corrected chi connectivity index (χ0v) is 8.45. The van der Waals surface area contributed by atoms with Crippen LogP contribution in [-0.4, -0.2) is 4.98 Å². The highest BCUT2D eigenvalue weighted by atomic mass is 19.1. The lowest BCUT2D eigenvalue weighted by molar-refractivity contribution is 0.574. The Morgan fingerprint density at radius 3 is 2.75 bits per heavy atom. The van der Waals surface area contributed by atoms with Gasteiger partial charge in [-0.05, 0) is 18.2 Å². The summed E-state index contributed by atoms with van der Waals surface area (Å²) in [5.41, 5.74) is 1.22. The van der Waals surface area contributed by atoms with E-state index in [-0.39, 0.29) is 0 Å². The van der Waals surface area contributed by atoms with Gasteiger partial charge in [-0.3, -0.25) is 4.98 Å². The number of nitrogens with one attached hydrogen (secondary N) is 1. The number of halogens is 2. The second-order valence-electron chi connectivity index (χ2n) is 3.33. The van der Waals surface area contributed by atoms with Crippen LogP contribution in [0.2, 0.25) is 0 Å². The summed E-state index contributed by atoms with van der Waals surface area (Å²) in [6.07, 6.45) is 3.30. The molecule has 0 unspecified atom stereocenters. The molecule has 0 aliphatic heterocycles. The quantitative estimate of drug-likeness (QED) is 0.860. The molecule has 0 bridgehead atoms. The van der Waals surface area contributed by atoms with Gasteiger partial charge >= 0.3 is 0 Å². The minimum Gasteiger partial charge on any atom is -0.380 e. The Hall–Kier alpha value is -1.97. The average molecular weight is 220 g/mol. The molecule has 2 aromatic rings. The van der Waals surface area contributed by atoms with Crippen LogP contribution in [-0.2, 0) is 6.54 Å². The zero-order chi connectivity index (χ0) is 11.4. The number of benzene rings is 1. The second-order valence-corrected chi connectivity index (χ2v) is 3.33. The number of hydrogen-bond donors (Lipinski definition) is 1. The SMILES string of the molecule is Fc1ccc(CNc2cccnc2)c(F)c1. The number of aromatic nitrogens is 1. The molecule has 0 spiro atoms. The molecule has 0 aliphatic rings. The fourth-order valence-corrected chi connectivity index (χ4v) is 1.33. The Morgan fingerprint density at radius 1 is 1.19 bits per heavy atom. The van der Waals surface area contributed by atoms with E-state index in [2.05, 4.69) is 10.3 Å². The van der Waals surface area contributed by atoms with E-state index in [4.69, 9.17) is 0 Å². The predicted octanol–water partition coefficient (Wildman–Crippen LogP) is 2.97. The van der Waals surface area contributed by atoms with Crippen LogP contribution in [0.4, 0.5) is 14.5 Å². The summed E-state index contributed by atoms with van der Waals surface area (Å²) in [5, 5.41) is 3.00. The Balaban J connectivity index is 2.05. The average Bonchev–Trinajstić information content (AvgIpc) is 2.29. The summed E-state index contributed by atoms with van der Waals surface area (Å²) in [7, 11) is 0. The molecule has 1 aromatic carbocycles. The van der Waals surface area contributed by atoms with Crippen LogP contribution < -0.4 is 5.32 Å². The monoisotopic (exact) mass is 220 g/mol. The van der Waals surface area contributed by atoms with Gasteiger partial charge in [-0.1, -0.05) is 6.07 Å². The maximum Gasteiger partial charge on any atom is 0.131 e. The van der Waals surface area contributed by atoms with Crippen molar-refractivity contribution in [2.45, 2.75) is 6.54 Å². The Labute approximate surface area is 92.0 Å². The van der Waals surface area contributed by atoms with Crippen molar-refractivity contribution >= 4 is 5.69 Å². The topological polar surface area (TPSA) is 24.9 Å². The van der Waals surface area contributed by atoms with Gasteiger partial charge in [0.15, 0.2) is 0 Å². The summed E-state index contributed by atoms with van der Waals surface area (Å²) in [6.45, 7) is 0.303. The van der Waals surface area contributed by atoms with Crippen molar-refractivity contribution in [3.05, 3.63) is 59.9 Å². The van der Waals surface area contributed by atoms with Crippen LogP contribution in [0.25, 0.3) is 0 Å². The molecule has 4 heteroatoms. The third kappa shape index (κ3) is 2.53. The van der Waals surface area contributed by atoms with Gasteiger partial charge in [-0.15, -0.1) is 0 Å². The molecule has 0 amide bonds. The molecular weight excluding hydrogens is 210 g/mol. The van der Waals surface area contributed by atoms with E-state index in [1.54, 1.807) is 18.5 Å². The highest BCUT2D eigenvalue weighted by molar-refractivity contribution is 5.40. The Kier molecular flexibility index (Phi) is 3.10. The molecule has 1 N–H and O–H groups in total. The smallest absolute Gasteiger partial charge is 0.131 e. The van der Waals surface area contributed by atoms with Crippen molar-refractivity contribution < 1.29 is 8.78 Å². The molecule has 0 fully saturated rings. The third-order valence-electron chi connectivity index (χ3n) is 2.16. The van der Waals surface area contributed by atoms with Crippen LogP contribution in [0.15, 0.2) is 42.7 Å². The summed E-state index contributed by atoms with van der Waals surface area (Å²) in [5.74, 6) is -1.11. The van der Waals surface area contributed by atoms with Crippen molar-refractivity contribution in [1.82, 2.24) is 4.98 Å². The molecule has 0 atom stereocenters. The zero-order valence-electron chi connectivity index (χ0n) is 8.45. The van der Waals surface area contributed by atoms with Gasteiger partial charge < -0.3 is 5.32 Å². The van der Waals surface area contributed by atoms with Gasteiger partial charge in [0.1, 0.15) is 11.6 Å². The molecule has 1 heterocycles. The molecule has 0 radical (unpaired) electrons. The van der Waals surface area contributed by atoms with E-state index in [1.165, 1.54) is 12.1 Å². The summed E-state index contributed by atoms with van der Waals surface area (Å²) < 4.78 is 25.9. The maximum atomic E-state index is 13.3. The van der Waals surface area contributed by atoms with Crippen molar-refractivity contribution in [2.75, 3.05) is 5.32 Å². The first-order valence-electron chi connectivity index (χ1n) is 4.83. The molecule has 0 aliphatic carbocycles. The molecule has 2 rings (SSSR count). The predicted molar refractivity (Wildman–Crippen MR) is 57.9 cm³/mol. The maximum absolute atomic E-state index is 13.3. The van der Waals surface area contributed by atoms with Crippen LogP contribution in [0.3, 0.4) is 0 Å². The van der Waals surface area contributed by atoms with E-state index >= 15 is 0 Å². The lowest BCUT2D eigenvalue weighted by atomic mass is 10.2. The summed E-state index contributed by atoms with van der Waals surface area (Å²) in [6, 6.07) is 7.15. The first kappa shape index (κ1) is 10.5. The third-order valence-corrected chi connectivity index (χ3v) is 2.16. The van der Waals surface area contributed by atoms with Gasteiger partial charge in [0.25, 0.3) is 0 Å². The minimum absolute atomic E-state index is 0.303. The highest BCUT2D eigenvalue weighted by Crippen LogP contribution is 2.12. The summed E-state index contributed by atoms with van der Waals surface area (Å²) >= 11 is 0. The van der Waals surface area contributed by atoms with Crippen LogP contribution in [0, 0.1) is 11.6 Å². The van der Waals surface area contributed by atoms with Gasteiger partial charge in [0.05, 0.1) is 5.69 Å². The van der Waals surface area contributed by atoms with Gasteiger partial charge in [-0.2, -0.15) is 0 Å². The number of pyridine rings is 1. The standard InChI is InChI=1S/C12H10F2N2/c13-10-4-3-9(12(14)6-10)7-16-11-2-1-5-15-8-11/h1-6,8,16H,7H2. The lowest BCUT2D eigenvalue weighted by Gasteiger charge is -2.06. The Bertz CT molecular complexity index is 472. The highest BCUT2D eigenvalue weighted by Gasteiger charge is 2.03. The summed E-state index contributed by atoms with van der Waals surface area (Å²) in [4.78, 5) is 3.92. The van der Waals surface area contributed by atoms with Crippen LogP contribution in [0.1, 0.15) is 5.56 Å². The molecule has 1 aromatic heterocycles. The number of rotatable bonds is 3. The van der Waals surface area contributed by atoms with Crippen LogP contribution in [0.5, 0.6) is 0 Å².